The van der Waals surface area contributed by atoms with Gasteiger partial charge >= 0.3 is 0 Å². The summed E-state index contributed by atoms with van der Waals surface area (Å²) >= 11 is 6.02. The summed E-state index contributed by atoms with van der Waals surface area (Å²) in [5.74, 6) is 0.317. The van der Waals surface area contributed by atoms with Crippen LogP contribution >= 0.6 is 11.6 Å². The minimum Gasteiger partial charge on any atom is -0.488 e. The molecule has 0 aliphatic rings. The van der Waals surface area contributed by atoms with Crippen LogP contribution in [0.2, 0.25) is 5.02 Å². The first-order valence-corrected chi connectivity index (χ1v) is 8.34. The lowest BCUT2D eigenvalue weighted by atomic mass is 10.1. The second-order valence-electron chi connectivity index (χ2n) is 5.68. The first-order chi connectivity index (χ1) is 12.1. The highest BCUT2D eigenvalue weighted by atomic mass is 35.5. The third-order valence-electron chi connectivity index (χ3n) is 3.82. The fraction of sp³-hybridized carbons (Fsp3) is 0.0952. The van der Waals surface area contributed by atoms with Crippen molar-refractivity contribution in [2.24, 2.45) is 0 Å². The summed E-state index contributed by atoms with van der Waals surface area (Å²) in [6.07, 6.45) is 0. The number of para-hydroxylation sites is 1. The summed E-state index contributed by atoms with van der Waals surface area (Å²) in [6.45, 7) is 2.32. The van der Waals surface area contributed by atoms with Gasteiger partial charge in [-0.25, -0.2) is 0 Å². The Morgan fingerprint density at radius 1 is 1.00 bits per heavy atom. The van der Waals surface area contributed by atoms with Crippen molar-refractivity contribution in [2.45, 2.75) is 13.5 Å². The van der Waals surface area contributed by atoms with E-state index in [0.717, 1.165) is 11.1 Å². The van der Waals surface area contributed by atoms with E-state index in [0.29, 0.717) is 28.6 Å². The lowest BCUT2D eigenvalue weighted by Gasteiger charge is -2.13. The Morgan fingerprint density at radius 3 is 2.52 bits per heavy atom. The second-order valence-corrected chi connectivity index (χ2v) is 6.12. The van der Waals surface area contributed by atoms with E-state index in [-0.39, 0.29) is 5.91 Å². The summed E-state index contributed by atoms with van der Waals surface area (Å²) in [4.78, 5) is 12.7. The molecule has 3 rings (SSSR count). The highest BCUT2D eigenvalue weighted by molar-refractivity contribution is 6.31. The highest BCUT2D eigenvalue weighted by Gasteiger charge is 2.13. The van der Waals surface area contributed by atoms with Crippen molar-refractivity contribution in [1.29, 1.82) is 0 Å². The van der Waals surface area contributed by atoms with Gasteiger partial charge in [-0.1, -0.05) is 60.1 Å². The van der Waals surface area contributed by atoms with Gasteiger partial charge in [0.05, 0.1) is 5.56 Å². The van der Waals surface area contributed by atoms with Gasteiger partial charge in [0, 0.05) is 10.7 Å². The zero-order valence-electron chi connectivity index (χ0n) is 13.8. The van der Waals surface area contributed by atoms with E-state index in [4.69, 9.17) is 16.3 Å². The molecule has 0 radical (unpaired) electrons. The van der Waals surface area contributed by atoms with E-state index in [9.17, 15) is 4.79 Å². The predicted octanol–water partition coefficient (Wildman–Crippen LogP) is 5.48. The molecule has 3 aromatic rings. The molecule has 1 amide bonds. The lowest BCUT2D eigenvalue weighted by Crippen LogP contribution is -2.14. The number of anilines is 1. The monoisotopic (exact) mass is 351 g/mol. The van der Waals surface area contributed by atoms with Crippen LogP contribution in [0.4, 0.5) is 5.69 Å². The molecule has 0 atom stereocenters. The van der Waals surface area contributed by atoms with E-state index >= 15 is 0 Å². The van der Waals surface area contributed by atoms with Crippen molar-refractivity contribution < 1.29 is 9.53 Å². The maximum atomic E-state index is 12.7. The molecule has 0 spiro atoms. The molecule has 3 nitrogen and oxygen atoms in total. The molecule has 25 heavy (non-hydrogen) atoms. The van der Waals surface area contributed by atoms with Gasteiger partial charge in [-0.3, -0.25) is 4.79 Å². The Morgan fingerprint density at radius 2 is 1.72 bits per heavy atom. The van der Waals surface area contributed by atoms with Crippen molar-refractivity contribution in [1.82, 2.24) is 0 Å². The number of rotatable bonds is 5. The van der Waals surface area contributed by atoms with E-state index < -0.39 is 0 Å². The quantitative estimate of drug-likeness (QED) is 0.661. The van der Waals surface area contributed by atoms with Crippen molar-refractivity contribution >= 4 is 23.2 Å². The number of halogens is 1. The number of amides is 1. The van der Waals surface area contributed by atoms with Gasteiger partial charge in [-0.15, -0.1) is 0 Å². The number of carbonyl (C=O) groups is 1. The smallest absolute Gasteiger partial charge is 0.259 e. The molecule has 0 aromatic heterocycles. The highest BCUT2D eigenvalue weighted by Crippen LogP contribution is 2.24. The molecular formula is C21H18ClNO2. The van der Waals surface area contributed by atoms with Gasteiger partial charge < -0.3 is 10.1 Å². The van der Waals surface area contributed by atoms with Gasteiger partial charge in [0.1, 0.15) is 12.4 Å². The topological polar surface area (TPSA) is 38.3 Å². The maximum absolute atomic E-state index is 12.7. The number of nitrogens with one attached hydrogen (secondary N) is 1. The number of carbonyl (C=O) groups excluding carboxylic acids is 1. The number of hydrogen-bond donors (Lipinski definition) is 1. The molecule has 0 unspecified atom stereocenters. The number of ether oxygens (including phenoxy) is 1. The number of benzene rings is 3. The zero-order valence-corrected chi connectivity index (χ0v) is 14.6. The largest absolute Gasteiger partial charge is 0.488 e. The first kappa shape index (κ1) is 17.1. The van der Waals surface area contributed by atoms with Crippen LogP contribution in [0.5, 0.6) is 5.75 Å². The third-order valence-corrected chi connectivity index (χ3v) is 4.05. The third kappa shape index (κ3) is 4.40. The summed E-state index contributed by atoms with van der Waals surface area (Å²) in [5, 5.41) is 3.48. The van der Waals surface area contributed by atoms with Gasteiger partial charge in [0.25, 0.3) is 5.91 Å². The Kier molecular flexibility index (Phi) is 5.36. The average molecular weight is 352 g/mol. The molecule has 4 heteroatoms. The summed E-state index contributed by atoms with van der Waals surface area (Å²) in [7, 11) is 0. The van der Waals surface area contributed by atoms with Crippen LogP contribution in [0, 0.1) is 6.92 Å². The molecule has 0 saturated heterocycles. The fourth-order valence-corrected chi connectivity index (χ4v) is 2.61. The van der Waals surface area contributed by atoms with Crippen LogP contribution in [0.25, 0.3) is 0 Å². The SMILES string of the molecule is Cc1ccc(Cl)cc1NC(=O)c1ccccc1OCc1ccccc1. The Bertz CT molecular complexity index is 878. The van der Waals surface area contributed by atoms with E-state index in [1.54, 1.807) is 24.3 Å². The molecule has 0 bridgehead atoms. The van der Waals surface area contributed by atoms with Gasteiger partial charge in [0.2, 0.25) is 0 Å². The molecule has 126 valence electrons. The van der Waals surface area contributed by atoms with Gasteiger partial charge in [-0.05, 0) is 42.3 Å². The molecule has 1 N–H and O–H groups in total. The summed E-state index contributed by atoms with van der Waals surface area (Å²) in [6, 6.07) is 22.4. The number of aryl methyl sites for hydroxylation is 1. The normalized spacial score (nSPS) is 10.3. The Labute approximate surface area is 152 Å². The van der Waals surface area contributed by atoms with Crippen LogP contribution in [0.15, 0.2) is 72.8 Å². The van der Waals surface area contributed by atoms with Crippen molar-refractivity contribution in [3.05, 3.63) is 94.5 Å². The maximum Gasteiger partial charge on any atom is 0.259 e. The van der Waals surface area contributed by atoms with Crippen LogP contribution < -0.4 is 10.1 Å². The molecule has 0 aliphatic heterocycles. The Balaban J connectivity index is 1.77. The van der Waals surface area contributed by atoms with Crippen molar-refractivity contribution in [3.63, 3.8) is 0 Å². The van der Waals surface area contributed by atoms with Crippen LogP contribution in [-0.2, 0) is 6.61 Å². The zero-order chi connectivity index (χ0) is 17.6. The van der Waals surface area contributed by atoms with Crippen LogP contribution in [0.3, 0.4) is 0 Å². The van der Waals surface area contributed by atoms with Gasteiger partial charge in [-0.2, -0.15) is 0 Å². The van der Waals surface area contributed by atoms with Crippen molar-refractivity contribution in [3.8, 4) is 5.75 Å². The van der Waals surface area contributed by atoms with Gasteiger partial charge in [0.15, 0.2) is 0 Å². The minimum absolute atomic E-state index is 0.228. The molecule has 0 aliphatic carbocycles. The fourth-order valence-electron chi connectivity index (χ4n) is 2.43. The van der Waals surface area contributed by atoms with Crippen LogP contribution in [-0.4, -0.2) is 5.91 Å². The predicted molar refractivity (Wildman–Crippen MR) is 101 cm³/mol. The standard InChI is InChI=1S/C21H18ClNO2/c1-15-11-12-17(22)13-19(15)23-21(24)18-9-5-6-10-20(18)25-14-16-7-3-2-4-8-16/h2-13H,14H2,1H3,(H,23,24). The average Bonchev–Trinajstić information content (AvgIpc) is 2.64. The molecular weight excluding hydrogens is 334 g/mol. The van der Waals surface area contributed by atoms with E-state index in [2.05, 4.69) is 5.32 Å². The van der Waals surface area contributed by atoms with Crippen LogP contribution in [0.1, 0.15) is 21.5 Å². The minimum atomic E-state index is -0.228. The molecule has 3 aromatic carbocycles. The summed E-state index contributed by atoms with van der Waals surface area (Å²) < 4.78 is 5.85. The molecule has 0 heterocycles. The molecule has 0 saturated carbocycles. The van der Waals surface area contributed by atoms with E-state index in [1.807, 2.05) is 55.5 Å². The van der Waals surface area contributed by atoms with E-state index in [1.165, 1.54) is 0 Å². The number of hydrogen-bond acceptors (Lipinski definition) is 2. The Hall–Kier alpha value is -2.78. The molecule has 0 fully saturated rings. The first-order valence-electron chi connectivity index (χ1n) is 7.97. The lowest BCUT2D eigenvalue weighted by molar-refractivity contribution is 0.102. The second kappa shape index (κ2) is 7.86. The summed E-state index contributed by atoms with van der Waals surface area (Å²) in [5.41, 5.74) is 3.16. The van der Waals surface area contributed by atoms with Crippen molar-refractivity contribution in [2.75, 3.05) is 5.32 Å².